The fraction of sp³-hybridized carbons (Fsp3) is 0.389. The topological polar surface area (TPSA) is 37.4 Å². The summed E-state index contributed by atoms with van der Waals surface area (Å²) in [5, 5.41) is 3.42. The highest BCUT2D eigenvalue weighted by atomic mass is 35.5. The molecule has 1 N–H and O–H groups in total. The van der Waals surface area contributed by atoms with Crippen molar-refractivity contribution in [3.8, 4) is 5.75 Å². The predicted octanol–water partition coefficient (Wildman–Crippen LogP) is 3.30. The summed E-state index contributed by atoms with van der Waals surface area (Å²) >= 11 is 0. The molecule has 24 heavy (non-hydrogen) atoms. The molecule has 0 spiro atoms. The predicted molar refractivity (Wildman–Crippen MR) is 102 cm³/mol. The number of hydrogen-bond donors (Lipinski definition) is 1. The number of piperazine rings is 1. The number of nitrogens with one attached hydrogen (secondary N) is 1. The van der Waals surface area contributed by atoms with E-state index in [1.165, 1.54) is 5.56 Å². The molecule has 6 heteroatoms. The molecule has 0 bridgehead atoms. The van der Waals surface area contributed by atoms with Gasteiger partial charge in [0.2, 0.25) is 0 Å². The first-order valence-corrected chi connectivity index (χ1v) is 7.88. The summed E-state index contributed by atoms with van der Waals surface area (Å²) in [7, 11) is 0. The van der Waals surface area contributed by atoms with Gasteiger partial charge < -0.3 is 10.1 Å². The van der Waals surface area contributed by atoms with Crippen molar-refractivity contribution < 1.29 is 4.74 Å². The highest BCUT2D eigenvalue weighted by Crippen LogP contribution is 2.16. The number of halogens is 2. The normalized spacial score (nSPS) is 17.5. The van der Waals surface area contributed by atoms with Crippen molar-refractivity contribution >= 4 is 24.8 Å². The van der Waals surface area contributed by atoms with E-state index in [9.17, 15) is 0 Å². The Morgan fingerprint density at radius 2 is 1.96 bits per heavy atom. The van der Waals surface area contributed by atoms with Gasteiger partial charge in [-0.1, -0.05) is 18.2 Å². The van der Waals surface area contributed by atoms with Crippen LogP contribution in [-0.2, 0) is 13.2 Å². The Labute approximate surface area is 156 Å². The number of aromatic nitrogens is 1. The van der Waals surface area contributed by atoms with Gasteiger partial charge in [0, 0.05) is 38.4 Å². The van der Waals surface area contributed by atoms with Crippen molar-refractivity contribution in [3.05, 3.63) is 59.9 Å². The molecule has 1 saturated heterocycles. The zero-order valence-electron chi connectivity index (χ0n) is 13.9. The minimum Gasteiger partial charge on any atom is -0.487 e. The SMILES string of the molecule is C[C@H]1CNCCN1Cc1ccc(OCc2ccccn2)cc1.Cl.Cl. The fourth-order valence-corrected chi connectivity index (χ4v) is 2.68. The molecule has 1 aromatic carbocycles. The highest BCUT2D eigenvalue weighted by Gasteiger charge is 2.17. The molecule has 2 heterocycles. The van der Waals surface area contributed by atoms with Crippen molar-refractivity contribution in [1.29, 1.82) is 0 Å². The minimum atomic E-state index is 0. The zero-order valence-corrected chi connectivity index (χ0v) is 15.5. The Morgan fingerprint density at radius 1 is 1.17 bits per heavy atom. The number of rotatable bonds is 5. The van der Waals surface area contributed by atoms with Crippen molar-refractivity contribution in [1.82, 2.24) is 15.2 Å². The lowest BCUT2D eigenvalue weighted by Crippen LogP contribution is -2.49. The summed E-state index contributed by atoms with van der Waals surface area (Å²) in [6, 6.07) is 14.9. The second kappa shape index (κ2) is 10.5. The summed E-state index contributed by atoms with van der Waals surface area (Å²) in [5.41, 5.74) is 2.28. The molecule has 1 aromatic heterocycles. The van der Waals surface area contributed by atoms with Crippen LogP contribution in [0.1, 0.15) is 18.2 Å². The summed E-state index contributed by atoms with van der Waals surface area (Å²) in [6.07, 6.45) is 1.79. The van der Waals surface area contributed by atoms with E-state index in [1.807, 2.05) is 30.3 Å². The molecule has 0 amide bonds. The second-order valence-electron chi connectivity index (χ2n) is 5.78. The number of hydrogen-bond acceptors (Lipinski definition) is 4. The molecule has 3 rings (SSSR count). The lowest BCUT2D eigenvalue weighted by atomic mass is 10.1. The second-order valence-corrected chi connectivity index (χ2v) is 5.78. The summed E-state index contributed by atoms with van der Waals surface area (Å²) in [4.78, 5) is 6.77. The minimum absolute atomic E-state index is 0. The van der Waals surface area contributed by atoms with E-state index in [0.717, 1.165) is 37.6 Å². The number of ether oxygens (including phenoxy) is 1. The lowest BCUT2D eigenvalue weighted by Gasteiger charge is -2.33. The smallest absolute Gasteiger partial charge is 0.130 e. The third-order valence-electron chi connectivity index (χ3n) is 4.06. The first-order chi connectivity index (χ1) is 10.8. The van der Waals surface area contributed by atoms with Gasteiger partial charge in [-0.05, 0) is 36.8 Å². The Bertz CT molecular complexity index is 581. The van der Waals surface area contributed by atoms with E-state index in [-0.39, 0.29) is 24.8 Å². The van der Waals surface area contributed by atoms with Crippen molar-refractivity contribution in [2.24, 2.45) is 0 Å². The van der Waals surface area contributed by atoms with Crippen LogP contribution in [0.15, 0.2) is 48.7 Å². The van der Waals surface area contributed by atoms with E-state index < -0.39 is 0 Å². The molecule has 4 nitrogen and oxygen atoms in total. The van der Waals surface area contributed by atoms with Crippen LogP contribution < -0.4 is 10.1 Å². The van der Waals surface area contributed by atoms with Gasteiger partial charge in [0.05, 0.1) is 5.69 Å². The van der Waals surface area contributed by atoms with Gasteiger partial charge in [-0.3, -0.25) is 9.88 Å². The third-order valence-corrected chi connectivity index (χ3v) is 4.06. The number of pyridine rings is 1. The first-order valence-electron chi connectivity index (χ1n) is 7.88. The average Bonchev–Trinajstić information content (AvgIpc) is 2.57. The molecule has 2 aromatic rings. The van der Waals surface area contributed by atoms with Crippen LogP contribution in [0.2, 0.25) is 0 Å². The molecule has 0 saturated carbocycles. The molecule has 1 aliphatic rings. The largest absolute Gasteiger partial charge is 0.487 e. The molecule has 0 aliphatic carbocycles. The van der Waals surface area contributed by atoms with Crippen LogP contribution in [0.4, 0.5) is 0 Å². The van der Waals surface area contributed by atoms with Crippen molar-refractivity contribution in [2.75, 3.05) is 19.6 Å². The van der Waals surface area contributed by atoms with Gasteiger partial charge in [-0.15, -0.1) is 24.8 Å². The van der Waals surface area contributed by atoms with Crippen LogP contribution in [0.3, 0.4) is 0 Å². The van der Waals surface area contributed by atoms with E-state index >= 15 is 0 Å². The maximum absolute atomic E-state index is 5.77. The first kappa shape index (κ1) is 20.7. The summed E-state index contributed by atoms with van der Waals surface area (Å²) in [6.45, 7) is 7.05. The standard InChI is InChI=1S/C18H23N3O.2ClH/c1-15-12-19-10-11-21(15)13-16-5-7-18(8-6-16)22-14-17-4-2-3-9-20-17;;/h2-9,15,19H,10-14H2,1H3;2*1H/t15-;;/m0../s1. The van der Waals surface area contributed by atoms with Crippen LogP contribution >= 0.6 is 24.8 Å². The van der Waals surface area contributed by atoms with Crippen LogP contribution in [-0.4, -0.2) is 35.6 Å². The van der Waals surface area contributed by atoms with Gasteiger partial charge in [0.25, 0.3) is 0 Å². The van der Waals surface area contributed by atoms with Crippen molar-refractivity contribution in [3.63, 3.8) is 0 Å². The van der Waals surface area contributed by atoms with Crippen LogP contribution in [0.5, 0.6) is 5.75 Å². The molecule has 1 atom stereocenters. The van der Waals surface area contributed by atoms with Crippen LogP contribution in [0, 0.1) is 0 Å². The molecule has 1 aliphatic heterocycles. The Hall–Kier alpha value is -1.33. The molecule has 0 unspecified atom stereocenters. The van der Waals surface area contributed by atoms with Gasteiger partial charge in [0.1, 0.15) is 12.4 Å². The molecule has 132 valence electrons. The number of nitrogens with zero attached hydrogens (tertiary/aromatic N) is 2. The monoisotopic (exact) mass is 369 g/mol. The average molecular weight is 370 g/mol. The maximum atomic E-state index is 5.77. The molecule has 1 fully saturated rings. The van der Waals surface area contributed by atoms with Gasteiger partial charge in [-0.2, -0.15) is 0 Å². The Morgan fingerprint density at radius 3 is 2.62 bits per heavy atom. The lowest BCUT2D eigenvalue weighted by molar-refractivity contribution is 0.165. The van der Waals surface area contributed by atoms with Gasteiger partial charge in [0.15, 0.2) is 0 Å². The zero-order chi connectivity index (χ0) is 15.2. The highest BCUT2D eigenvalue weighted by molar-refractivity contribution is 5.85. The van der Waals surface area contributed by atoms with E-state index in [1.54, 1.807) is 6.20 Å². The van der Waals surface area contributed by atoms with Crippen LogP contribution in [0.25, 0.3) is 0 Å². The Balaban J connectivity index is 0.00000144. The molecule has 0 radical (unpaired) electrons. The Kier molecular flexibility index (Phi) is 9.08. The molecular weight excluding hydrogens is 345 g/mol. The van der Waals surface area contributed by atoms with Crippen molar-refractivity contribution in [2.45, 2.75) is 26.1 Å². The quantitative estimate of drug-likeness (QED) is 0.877. The van der Waals surface area contributed by atoms with E-state index in [2.05, 4.69) is 34.3 Å². The fourth-order valence-electron chi connectivity index (χ4n) is 2.68. The van der Waals surface area contributed by atoms with E-state index in [4.69, 9.17) is 4.74 Å². The number of benzene rings is 1. The maximum Gasteiger partial charge on any atom is 0.130 e. The van der Waals surface area contributed by atoms with E-state index in [0.29, 0.717) is 12.6 Å². The van der Waals surface area contributed by atoms with Gasteiger partial charge >= 0.3 is 0 Å². The summed E-state index contributed by atoms with van der Waals surface area (Å²) < 4.78 is 5.77. The third kappa shape index (κ3) is 5.95. The summed E-state index contributed by atoms with van der Waals surface area (Å²) in [5.74, 6) is 0.891. The van der Waals surface area contributed by atoms with Gasteiger partial charge in [-0.25, -0.2) is 0 Å². The molecular formula is C18H25Cl2N3O.